The van der Waals surface area contributed by atoms with Crippen LogP contribution in [0, 0.1) is 17.6 Å². The van der Waals surface area contributed by atoms with E-state index in [1.807, 2.05) is 6.92 Å². The van der Waals surface area contributed by atoms with Crippen molar-refractivity contribution in [3.8, 4) is 0 Å². The highest BCUT2D eigenvalue weighted by molar-refractivity contribution is 5.83. The third kappa shape index (κ3) is 5.13. The fourth-order valence-electron chi connectivity index (χ4n) is 1.91. The number of aryl methyl sites for hydroxylation is 1. The number of amides is 1. The van der Waals surface area contributed by atoms with E-state index in [1.54, 1.807) is 6.92 Å². The van der Waals surface area contributed by atoms with E-state index in [2.05, 4.69) is 5.32 Å². The van der Waals surface area contributed by atoms with Gasteiger partial charge in [-0.25, -0.2) is 13.6 Å². The van der Waals surface area contributed by atoms with Crippen molar-refractivity contribution in [2.24, 2.45) is 5.92 Å². The molecule has 4 nitrogen and oxygen atoms in total. The molecule has 0 radical (unpaired) electrons. The second-order valence-corrected chi connectivity index (χ2v) is 5.00. The lowest BCUT2D eigenvalue weighted by molar-refractivity contribution is -0.143. The summed E-state index contributed by atoms with van der Waals surface area (Å²) in [6.45, 7) is 3.56. The van der Waals surface area contributed by atoms with Crippen LogP contribution in [0.4, 0.5) is 8.78 Å². The first-order valence-corrected chi connectivity index (χ1v) is 6.81. The molecule has 0 heterocycles. The zero-order chi connectivity index (χ0) is 16.0. The minimum atomic E-state index is -1.10. The summed E-state index contributed by atoms with van der Waals surface area (Å²) in [4.78, 5) is 22.8. The first-order chi connectivity index (χ1) is 9.85. The third-order valence-electron chi connectivity index (χ3n) is 3.42. The number of halogens is 2. The number of carbonyl (C=O) groups excluding carboxylic acids is 1. The molecule has 0 bridgehead atoms. The standard InChI is InChI=1S/C15H19F2NO3/c1-3-9(2)14(15(20)21)18-13(19)7-4-10-8-11(16)5-6-12(10)17/h5-6,8-9,14H,3-4,7H2,1-2H3,(H,18,19)(H,20,21). The lowest BCUT2D eigenvalue weighted by atomic mass is 9.99. The van der Waals surface area contributed by atoms with Crippen molar-refractivity contribution in [1.29, 1.82) is 0 Å². The van der Waals surface area contributed by atoms with Gasteiger partial charge in [-0.05, 0) is 36.1 Å². The first-order valence-electron chi connectivity index (χ1n) is 6.81. The predicted molar refractivity (Wildman–Crippen MR) is 73.7 cm³/mol. The maximum Gasteiger partial charge on any atom is 0.326 e. The van der Waals surface area contributed by atoms with E-state index in [9.17, 15) is 18.4 Å². The van der Waals surface area contributed by atoms with E-state index in [4.69, 9.17) is 5.11 Å². The molecule has 2 unspecified atom stereocenters. The second-order valence-electron chi connectivity index (χ2n) is 5.00. The first kappa shape index (κ1) is 17.1. The topological polar surface area (TPSA) is 66.4 Å². The maximum absolute atomic E-state index is 13.4. The van der Waals surface area contributed by atoms with Gasteiger partial charge in [0.05, 0.1) is 0 Å². The quantitative estimate of drug-likeness (QED) is 0.813. The fraction of sp³-hybridized carbons (Fsp3) is 0.467. The van der Waals surface area contributed by atoms with Crippen LogP contribution >= 0.6 is 0 Å². The molecule has 21 heavy (non-hydrogen) atoms. The Morgan fingerprint density at radius 3 is 2.57 bits per heavy atom. The summed E-state index contributed by atoms with van der Waals surface area (Å²) < 4.78 is 26.4. The zero-order valence-electron chi connectivity index (χ0n) is 12.0. The number of rotatable bonds is 7. The number of carbonyl (C=O) groups is 2. The highest BCUT2D eigenvalue weighted by Crippen LogP contribution is 2.12. The number of hydrogen-bond acceptors (Lipinski definition) is 2. The van der Waals surface area contributed by atoms with Crippen LogP contribution in [0.15, 0.2) is 18.2 Å². The van der Waals surface area contributed by atoms with Crippen molar-refractivity contribution >= 4 is 11.9 Å². The number of benzene rings is 1. The Bertz CT molecular complexity index is 520. The predicted octanol–water partition coefficient (Wildman–Crippen LogP) is 2.51. The van der Waals surface area contributed by atoms with Crippen LogP contribution in [-0.4, -0.2) is 23.0 Å². The molecule has 2 atom stereocenters. The van der Waals surface area contributed by atoms with Gasteiger partial charge in [0.2, 0.25) is 5.91 Å². The SMILES string of the molecule is CCC(C)C(NC(=O)CCc1cc(F)ccc1F)C(=O)O. The van der Waals surface area contributed by atoms with Gasteiger partial charge in [-0.3, -0.25) is 4.79 Å². The molecule has 0 aliphatic heterocycles. The second kappa shape index (κ2) is 7.71. The molecule has 0 saturated carbocycles. The van der Waals surface area contributed by atoms with Gasteiger partial charge in [0, 0.05) is 6.42 Å². The van der Waals surface area contributed by atoms with E-state index in [0.717, 1.165) is 18.2 Å². The summed E-state index contributed by atoms with van der Waals surface area (Å²) in [5.41, 5.74) is 0.0977. The smallest absolute Gasteiger partial charge is 0.326 e. The van der Waals surface area contributed by atoms with Crippen molar-refractivity contribution in [2.75, 3.05) is 0 Å². The molecule has 0 saturated heterocycles. The van der Waals surface area contributed by atoms with Crippen LogP contribution in [0.5, 0.6) is 0 Å². The molecule has 0 aromatic heterocycles. The molecule has 1 aromatic rings. The summed E-state index contributed by atoms with van der Waals surface area (Å²) >= 11 is 0. The summed E-state index contributed by atoms with van der Waals surface area (Å²) in [7, 11) is 0. The Morgan fingerprint density at radius 1 is 1.33 bits per heavy atom. The Labute approximate surface area is 122 Å². The zero-order valence-corrected chi connectivity index (χ0v) is 12.0. The molecule has 0 spiro atoms. The number of nitrogens with one attached hydrogen (secondary N) is 1. The van der Waals surface area contributed by atoms with Gasteiger partial charge in [-0.2, -0.15) is 0 Å². The Kier molecular flexibility index (Phi) is 6.27. The molecular weight excluding hydrogens is 280 g/mol. The van der Waals surface area contributed by atoms with Crippen molar-refractivity contribution in [3.63, 3.8) is 0 Å². The molecule has 0 aliphatic carbocycles. The maximum atomic E-state index is 13.4. The minimum Gasteiger partial charge on any atom is -0.480 e. The lowest BCUT2D eigenvalue weighted by Gasteiger charge is -2.20. The van der Waals surface area contributed by atoms with Gasteiger partial charge in [-0.15, -0.1) is 0 Å². The molecule has 116 valence electrons. The molecule has 1 aromatic carbocycles. The molecule has 0 aliphatic rings. The summed E-state index contributed by atoms with van der Waals surface area (Å²) in [5.74, 6) is -2.96. The molecule has 1 amide bonds. The number of hydrogen-bond donors (Lipinski definition) is 2. The monoisotopic (exact) mass is 299 g/mol. The van der Waals surface area contributed by atoms with Crippen molar-refractivity contribution in [2.45, 2.75) is 39.2 Å². The van der Waals surface area contributed by atoms with E-state index < -0.39 is 29.6 Å². The van der Waals surface area contributed by atoms with E-state index in [-0.39, 0.29) is 24.3 Å². The Balaban J connectivity index is 2.61. The summed E-state index contributed by atoms with van der Waals surface area (Å²) in [6, 6.07) is 2.07. The normalized spacial score (nSPS) is 13.5. The van der Waals surface area contributed by atoms with E-state index in [1.165, 1.54) is 0 Å². The number of carboxylic acids is 1. The van der Waals surface area contributed by atoms with Gasteiger partial charge in [0.25, 0.3) is 0 Å². The molecule has 2 N–H and O–H groups in total. The minimum absolute atomic E-state index is 0.0161. The van der Waals surface area contributed by atoms with Gasteiger partial charge in [0.15, 0.2) is 0 Å². The largest absolute Gasteiger partial charge is 0.480 e. The van der Waals surface area contributed by atoms with Crippen LogP contribution < -0.4 is 5.32 Å². The van der Waals surface area contributed by atoms with Crippen molar-refractivity contribution < 1.29 is 23.5 Å². The molecule has 0 fully saturated rings. The van der Waals surface area contributed by atoms with Gasteiger partial charge >= 0.3 is 5.97 Å². The molecule has 6 heteroatoms. The van der Waals surface area contributed by atoms with Crippen molar-refractivity contribution in [3.05, 3.63) is 35.4 Å². The number of carboxylic acid groups (broad SMARTS) is 1. The molecular formula is C15H19F2NO3. The van der Waals surface area contributed by atoms with E-state index in [0.29, 0.717) is 6.42 Å². The third-order valence-corrected chi connectivity index (χ3v) is 3.42. The summed E-state index contributed by atoms with van der Waals surface area (Å²) in [5, 5.41) is 11.5. The Morgan fingerprint density at radius 2 is 2.00 bits per heavy atom. The van der Waals surface area contributed by atoms with Gasteiger partial charge < -0.3 is 10.4 Å². The van der Waals surface area contributed by atoms with E-state index >= 15 is 0 Å². The fourth-order valence-corrected chi connectivity index (χ4v) is 1.91. The van der Waals surface area contributed by atoms with Crippen molar-refractivity contribution in [1.82, 2.24) is 5.32 Å². The van der Waals surface area contributed by atoms with Crippen LogP contribution in [0.3, 0.4) is 0 Å². The van der Waals surface area contributed by atoms with Gasteiger partial charge in [0.1, 0.15) is 17.7 Å². The number of aliphatic carboxylic acids is 1. The Hall–Kier alpha value is -1.98. The van der Waals surface area contributed by atoms with Crippen LogP contribution in [0.1, 0.15) is 32.3 Å². The highest BCUT2D eigenvalue weighted by atomic mass is 19.1. The average Bonchev–Trinajstić information content (AvgIpc) is 2.44. The highest BCUT2D eigenvalue weighted by Gasteiger charge is 2.25. The summed E-state index contributed by atoms with van der Waals surface area (Å²) in [6.07, 6.45) is 0.526. The van der Waals surface area contributed by atoms with Crippen LogP contribution in [-0.2, 0) is 16.0 Å². The molecule has 1 rings (SSSR count). The van der Waals surface area contributed by atoms with Crippen LogP contribution in [0.2, 0.25) is 0 Å². The average molecular weight is 299 g/mol. The van der Waals surface area contributed by atoms with Crippen LogP contribution in [0.25, 0.3) is 0 Å². The lowest BCUT2D eigenvalue weighted by Crippen LogP contribution is -2.45. The van der Waals surface area contributed by atoms with Gasteiger partial charge in [-0.1, -0.05) is 20.3 Å².